The van der Waals surface area contributed by atoms with Gasteiger partial charge in [0.25, 0.3) is 0 Å². The van der Waals surface area contributed by atoms with Gasteiger partial charge >= 0.3 is 6.03 Å². The molecule has 0 unspecified atom stereocenters. The second-order valence-electron chi connectivity index (χ2n) is 5.54. The number of rotatable bonds is 8. The lowest BCUT2D eigenvalue weighted by Crippen LogP contribution is -2.35. The number of anilines is 1. The zero-order valence-corrected chi connectivity index (χ0v) is 15.5. The maximum absolute atomic E-state index is 12.6. The van der Waals surface area contributed by atoms with Crippen molar-refractivity contribution in [2.24, 2.45) is 0 Å². The van der Waals surface area contributed by atoms with E-state index in [2.05, 4.69) is 21.2 Å². The van der Waals surface area contributed by atoms with Crippen molar-refractivity contribution >= 4 is 27.6 Å². The predicted molar refractivity (Wildman–Crippen MR) is 101 cm³/mol. The molecule has 5 heteroatoms. The molecule has 2 amide bonds. The van der Waals surface area contributed by atoms with E-state index in [1.807, 2.05) is 59.5 Å². The Morgan fingerprint density at radius 3 is 2.46 bits per heavy atom. The van der Waals surface area contributed by atoms with Crippen LogP contribution in [0.1, 0.15) is 18.4 Å². The molecule has 0 aromatic heterocycles. The summed E-state index contributed by atoms with van der Waals surface area (Å²) in [6.07, 6.45) is 1.85. The molecule has 2 rings (SSSR count). The van der Waals surface area contributed by atoms with Crippen LogP contribution in [0.4, 0.5) is 10.5 Å². The molecule has 0 aliphatic carbocycles. The molecule has 0 radical (unpaired) electrons. The third-order valence-electron chi connectivity index (χ3n) is 3.63. The summed E-state index contributed by atoms with van der Waals surface area (Å²) < 4.78 is 6.07. The molecule has 24 heavy (non-hydrogen) atoms. The first kappa shape index (κ1) is 18.5. The number of nitrogens with zero attached hydrogens (tertiary/aromatic N) is 1. The first-order valence-electron chi connectivity index (χ1n) is 8.03. The van der Waals surface area contributed by atoms with Crippen molar-refractivity contribution in [1.82, 2.24) is 4.90 Å². The van der Waals surface area contributed by atoms with E-state index in [1.54, 1.807) is 7.11 Å². The minimum atomic E-state index is -0.0846. The largest absolute Gasteiger partial charge is 0.385 e. The molecule has 0 aliphatic rings. The van der Waals surface area contributed by atoms with Crippen LogP contribution in [0, 0.1) is 0 Å². The van der Waals surface area contributed by atoms with E-state index in [9.17, 15) is 4.79 Å². The van der Waals surface area contributed by atoms with Gasteiger partial charge in [-0.25, -0.2) is 4.79 Å². The molecule has 0 saturated carbocycles. The molecule has 0 heterocycles. The lowest BCUT2D eigenvalue weighted by atomic mass is 10.2. The minimum Gasteiger partial charge on any atom is -0.385 e. The molecule has 0 spiro atoms. The van der Waals surface area contributed by atoms with Crippen molar-refractivity contribution in [3.05, 3.63) is 64.6 Å². The number of carbonyl (C=O) groups is 1. The molecule has 0 bridgehead atoms. The lowest BCUT2D eigenvalue weighted by Gasteiger charge is -2.23. The fourth-order valence-corrected chi connectivity index (χ4v) is 2.61. The number of urea groups is 1. The maximum atomic E-state index is 12.6. The highest BCUT2D eigenvalue weighted by atomic mass is 79.9. The Balaban J connectivity index is 1.99. The van der Waals surface area contributed by atoms with E-state index in [1.165, 1.54) is 0 Å². The molecule has 0 aliphatic heterocycles. The van der Waals surface area contributed by atoms with E-state index in [0.717, 1.165) is 28.6 Å². The first-order valence-corrected chi connectivity index (χ1v) is 8.82. The summed E-state index contributed by atoms with van der Waals surface area (Å²) in [4.78, 5) is 14.5. The van der Waals surface area contributed by atoms with Crippen molar-refractivity contribution < 1.29 is 9.53 Å². The summed E-state index contributed by atoms with van der Waals surface area (Å²) in [5, 5.41) is 2.97. The monoisotopic (exact) mass is 390 g/mol. The molecule has 0 saturated heterocycles. The van der Waals surface area contributed by atoms with E-state index < -0.39 is 0 Å². The first-order chi connectivity index (χ1) is 11.7. The van der Waals surface area contributed by atoms with E-state index in [4.69, 9.17) is 4.74 Å². The third kappa shape index (κ3) is 6.34. The molecule has 128 valence electrons. The predicted octanol–water partition coefficient (Wildman–Crippen LogP) is 4.91. The van der Waals surface area contributed by atoms with Crippen LogP contribution in [-0.2, 0) is 11.3 Å². The van der Waals surface area contributed by atoms with Crippen LogP contribution in [0.2, 0.25) is 0 Å². The van der Waals surface area contributed by atoms with Gasteiger partial charge in [0, 0.05) is 37.0 Å². The van der Waals surface area contributed by atoms with Gasteiger partial charge in [0.05, 0.1) is 0 Å². The number of halogens is 1. The summed E-state index contributed by atoms with van der Waals surface area (Å²) in [5.41, 5.74) is 1.91. The Morgan fingerprint density at radius 2 is 1.79 bits per heavy atom. The smallest absolute Gasteiger partial charge is 0.322 e. The van der Waals surface area contributed by atoms with Gasteiger partial charge in [0.2, 0.25) is 0 Å². The topological polar surface area (TPSA) is 41.6 Å². The highest BCUT2D eigenvalue weighted by Crippen LogP contribution is 2.15. The fraction of sp³-hybridized carbons (Fsp3) is 0.316. The Labute approximate surface area is 151 Å². The van der Waals surface area contributed by atoms with Gasteiger partial charge < -0.3 is 15.0 Å². The van der Waals surface area contributed by atoms with Crippen LogP contribution < -0.4 is 5.32 Å². The maximum Gasteiger partial charge on any atom is 0.322 e. The lowest BCUT2D eigenvalue weighted by molar-refractivity contribution is 0.182. The second-order valence-corrected chi connectivity index (χ2v) is 6.46. The average molecular weight is 391 g/mol. The molecular formula is C19H23BrN2O2. The van der Waals surface area contributed by atoms with Crippen LogP contribution in [0.15, 0.2) is 59.1 Å². The van der Waals surface area contributed by atoms with Gasteiger partial charge in [-0.2, -0.15) is 0 Å². The highest BCUT2D eigenvalue weighted by Gasteiger charge is 2.14. The SMILES string of the molecule is COCCCCN(Cc1ccccc1)C(=O)Nc1ccc(Br)cc1. The summed E-state index contributed by atoms with van der Waals surface area (Å²) in [6, 6.07) is 17.5. The van der Waals surface area contributed by atoms with Crippen LogP contribution in [-0.4, -0.2) is 31.2 Å². The fourth-order valence-electron chi connectivity index (χ4n) is 2.34. The quantitative estimate of drug-likeness (QED) is 0.650. The van der Waals surface area contributed by atoms with Crippen LogP contribution in [0.5, 0.6) is 0 Å². The van der Waals surface area contributed by atoms with Crippen LogP contribution >= 0.6 is 15.9 Å². The van der Waals surface area contributed by atoms with Crippen molar-refractivity contribution in [2.45, 2.75) is 19.4 Å². The van der Waals surface area contributed by atoms with Gasteiger partial charge in [-0.05, 0) is 42.7 Å². The number of amides is 2. The van der Waals surface area contributed by atoms with E-state index in [-0.39, 0.29) is 6.03 Å². The summed E-state index contributed by atoms with van der Waals surface area (Å²) in [6.45, 7) is 2.00. The normalized spacial score (nSPS) is 10.4. The van der Waals surface area contributed by atoms with Gasteiger partial charge in [-0.15, -0.1) is 0 Å². The number of carbonyl (C=O) groups excluding carboxylic acids is 1. The molecule has 4 nitrogen and oxygen atoms in total. The van der Waals surface area contributed by atoms with Gasteiger partial charge in [-0.1, -0.05) is 46.3 Å². The molecule has 1 N–H and O–H groups in total. The molecular weight excluding hydrogens is 368 g/mol. The second kappa shape index (κ2) is 10.1. The Bertz CT molecular complexity index is 617. The number of benzene rings is 2. The Hall–Kier alpha value is -1.85. The van der Waals surface area contributed by atoms with Gasteiger partial charge in [-0.3, -0.25) is 0 Å². The molecule has 0 atom stereocenters. The zero-order valence-electron chi connectivity index (χ0n) is 13.9. The Morgan fingerprint density at radius 1 is 1.08 bits per heavy atom. The zero-order chi connectivity index (χ0) is 17.2. The van der Waals surface area contributed by atoms with Gasteiger partial charge in [0.15, 0.2) is 0 Å². The number of nitrogens with one attached hydrogen (secondary N) is 1. The van der Waals surface area contributed by atoms with E-state index in [0.29, 0.717) is 19.7 Å². The molecule has 0 fully saturated rings. The van der Waals surface area contributed by atoms with Crippen molar-refractivity contribution in [3.8, 4) is 0 Å². The standard InChI is InChI=1S/C19H23BrN2O2/c1-24-14-6-5-13-22(15-16-7-3-2-4-8-16)19(23)21-18-11-9-17(20)10-12-18/h2-4,7-12H,5-6,13-15H2,1H3,(H,21,23). The Kier molecular flexibility index (Phi) is 7.79. The van der Waals surface area contributed by atoms with Crippen LogP contribution in [0.3, 0.4) is 0 Å². The number of ether oxygens (including phenoxy) is 1. The van der Waals surface area contributed by atoms with Crippen LogP contribution in [0.25, 0.3) is 0 Å². The van der Waals surface area contributed by atoms with Crippen molar-refractivity contribution in [2.75, 3.05) is 25.6 Å². The number of hydrogen-bond acceptors (Lipinski definition) is 2. The molecule has 2 aromatic rings. The minimum absolute atomic E-state index is 0.0846. The summed E-state index contributed by atoms with van der Waals surface area (Å²) in [7, 11) is 1.70. The van der Waals surface area contributed by atoms with Gasteiger partial charge in [0.1, 0.15) is 0 Å². The molecule has 2 aromatic carbocycles. The summed E-state index contributed by atoms with van der Waals surface area (Å²) in [5.74, 6) is 0. The highest BCUT2D eigenvalue weighted by molar-refractivity contribution is 9.10. The van der Waals surface area contributed by atoms with Crippen molar-refractivity contribution in [1.29, 1.82) is 0 Å². The average Bonchev–Trinajstić information content (AvgIpc) is 2.60. The number of unbranched alkanes of at least 4 members (excludes halogenated alkanes) is 1. The van der Waals surface area contributed by atoms with Crippen molar-refractivity contribution in [3.63, 3.8) is 0 Å². The third-order valence-corrected chi connectivity index (χ3v) is 4.15. The summed E-state index contributed by atoms with van der Waals surface area (Å²) >= 11 is 3.40. The number of hydrogen-bond donors (Lipinski definition) is 1. The van der Waals surface area contributed by atoms with E-state index >= 15 is 0 Å². The number of methoxy groups -OCH3 is 1.